The second kappa shape index (κ2) is 14.2. The van der Waals surface area contributed by atoms with E-state index in [0.29, 0.717) is 60.9 Å². The van der Waals surface area contributed by atoms with Crippen molar-refractivity contribution in [1.82, 2.24) is 15.5 Å². The minimum Gasteiger partial charge on any atom is -0.493 e. The van der Waals surface area contributed by atoms with Crippen molar-refractivity contribution >= 4 is 17.8 Å². The number of benzene rings is 3. The van der Waals surface area contributed by atoms with Crippen LogP contribution in [0.4, 0.5) is 4.39 Å². The van der Waals surface area contributed by atoms with Gasteiger partial charge < -0.3 is 29.6 Å². The van der Waals surface area contributed by atoms with Gasteiger partial charge in [0.2, 0.25) is 5.91 Å². The highest BCUT2D eigenvalue weighted by atomic mass is 19.1. The Balaban J connectivity index is 1.38. The zero-order chi connectivity index (χ0) is 31.1. The first kappa shape index (κ1) is 30.8. The molecule has 0 spiro atoms. The molecule has 11 heteroatoms. The molecule has 10 nitrogen and oxygen atoms in total. The van der Waals surface area contributed by atoms with Crippen LogP contribution in [0.1, 0.15) is 39.9 Å². The highest BCUT2D eigenvalue weighted by molar-refractivity contribution is 5.89. The fraction of sp³-hybridized carbons (Fsp3) is 0.364. The summed E-state index contributed by atoms with van der Waals surface area (Å²) >= 11 is 0. The van der Waals surface area contributed by atoms with Gasteiger partial charge in [-0.25, -0.2) is 9.18 Å². The van der Waals surface area contributed by atoms with Crippen LogP contribution in [0.3, 0.4) is 0 Å². The van der Waals surface area contributed by atoms with Crippen LogP contribution in [-0.2, 0) is 33.8 Å². The molecule has 2 heterocycles. The normalized spacial score (nSPS) is 19.5. The molecule has 232 valence electrons. The first-order valence-corrected chi connectivity index (χ1v) is 14.5. The number of carbonyl (C=O) groups excluding carboxylic acids is 3. The number of hydrogen-bond donors (Lipinski definition) is 2. The van der Waals surface area contributed by atoms with Crippen molar-refractivity contribution in [2.75, 3.05) is 33.9 Å². The van der Waals surface area contributed by atoms with Gasteiger partial charge in [-0.2, -0.15) is 0 Å². The van der Waals surface area contributed by atoms with Gasteiger partial charge in [0.15, 0.2) is 18.1 Å². The Hall–Kier alpha value is -4.64. The van der Waals surface area contributed by atoms with E-state index >= 15 is 0 Å². The molecule has 1 saturated heterocycles. The maximum absolute atomic E-state index is 14.6. The monoisotopic (exact) mass is 605 g/mol. The van der Waals surface area contributed by atoms with Gasteiger partial charge in [0.1, 0.15) is 17.7 Å². The number of ether oxygens (including phenoxy) is 4. The number of piperidine rings is 1. The standard InChI is InChI=1S/C33H36FN3O7/c1-41-29-8-6-21-7-9-31(38)35-17-23-13-25(34)16-26(14-23)44-28-10-11-37(18-22-4-3-5-24(12-22)33(40)42-2)19-27(28)36-32(39)20-43-30(29)15-21/h3-6,8,12-16,27-28H,7,9-11,17-20H2,1-2H3,(H,35,38)(H,36,39)/t27-,28-/m1/s1. The molecular formula is C33H36FN3O7. The number of amides is 2. The van der Waals surface area contributed by atoms with Crippen molar-refractivity contribution < 1.29 is 37.7 Å². The van der Waals surface area contributed by atoms with Crippen molar-refractivity contribution in [3.63, 3.8) is 0 Å². The maximum atomic E-state index is 14.6. The lowest BCUT2D eigenvalue weighted by Gasteiger charge is -2.39. The number of likely N-dealkylation sites (tertiary alicyclic amines) is 1. The first-order chi connectivity index (χ1) is 21.3. The molecule has 2 aliphatic heterocycles. The minimum absolute atomic E-state index is 0.146. The number of carbonyl (C=O) groups is 3. The highest BCUT2D eigenvalue weighted by Gasteiger charge is 2.32. The van der Waals surface area contributed by atoms with E-state index in [4.69, 9.17) is 18.9 Å². The lowest BCUT2D eigenvalue weighted by molar-refractivity contribution is -0.125. The minimum atomic E-state index is -0.483. The summed E-state index contributed by atoms with van der Waals surface area (Å²) in [7, 11) is 2.86. The Morgan fingerprint density at radius 2 is 1.89 bits per heavy atom. The molecule has 3 aromatic rings. The smallest absolute Gasteiger partial charge is 0.337 e. The molecule has 4 bridgehead atoms. The number of methoxy groups -OCH3 is 2. The number of esters is 1. The molecule has 0 radical (unpaired) electrons. The van der Waals surface area contributed by atoms with Gasteiger partial charge in [-0.1, -0.05) is 18.2 Å². The SMILES string of the molecule is COC(=O)c1cccc(CN2CC[C@H]3Oc4cc(F)cc(c4)CNC(=O)CCc4ccc(OC)c(c4)OCC(=O)N[C@@H]3C2)c1. The molecule has 1 fully saturated rings. The lowest BCUT2D eigenvalue weighted by atomic mass is 10.0. The molecule has 2 N–H and O–H groups in total. The quantitative estimate of drug-likeness (QED) is 0.435. The number of aryl methyl sites for hydroxylation is 1. The molecular weight excluding hydrogens is 569 g/mol. The van der Waals surface area contributed by atoms with Crippen molar-refractivity contribution in [2.45, 2.75) is 44.5 Å². The van der Waals surface area contributed by atoms with Crippen LogP contribution in [0, 0.1) is 5.82 Å². The van der Waals surface area contributed by atoms with Gasteiger partial charge in [-0.15, -0.1) is 0 Å². The predicted octanol–water partition coefficient (Wildman–Crippen LogP) is 3.40. The summed E-state index contributed by atoms with van der Waals surface area (Å²) in [5, 5.41) is 5.90. The molecule has 44 heavy (non-hydrogen) atoms. The zero-order valence-electron chi connectivity index (χ0n) is 24.8. The van der Waals surface area contributed by atoms with Gasteiger partial charge in [-0.3, -0.25) is 14.5 Å². The van der Waals surface area contributed by atoms with Crippen molar-refractivity contribution in [3.8, 4) is 17.2 Å². The van der Waals surface area contributed by atoms with Crippen LogP contribution < -0.4 is 24.8 Å². The molecule has 0 saturated carbocycles. The van der Waals surface area contributed by atoms with Crippen molar-refractivity contribution in [3.05, 3.63) is 88.7 Å². The van der Waals surface area contributed by atoms with Gasteiger partial charge in [0.25, 0.3) is 5.91 Å². The summed E-state index contributed by atoms with van der Waals surface area (Å²) in [4.78, 5) is 40.0. The Morgan fingerprint density at radius 1 is 1.02 bits per heavy atom. The van der Waals surface area contributed by atoms with E-state index in [1.807, 2.05) is 12.1 Å². The number of rotatable bonds is 4. The Bertz CT molecular complexity index is 1510. The molecule has 0 aliphatic carbocycles. The van der Waals surface area contributed by atoms with Crippen LogP contribution in [0.2, 0.25) is 0 Å². The van der Waals surface area contributed by atoms with E-state index in [-0.39, 0.29) is 31.4 Å². The van der Waals surface area contributed by atoms with Crippen LogP contribution in [-0.4, -0.2) is 68.7 Å². The molecule has 2 aliphatic rings. The fourth-order valence-corrected chi connectivity index (χ4v) is 5.49. The van der Waals surface area contributed by atoms with Crippen LogP contribution in [0.15, 0.2) is 60.7 Å². The number of fused-ring (bicyclic) bond motifs is 5. The molecule has 0 unspecified atom stereocenters. The Kier molecular flexibility index (Phi) is 9.96. The van der Waals surface area contributed by atoms with Gasteiger partial charge in [-0.05, 0) is 65.9 Å². The molecule has 5 rings (SSSR count). The summed E-state index contributed by atoms with van der Waals surface area (Å²) < 4.78 is 37.0. The topological polar surface area (TPSA) is 115 Å². The maximum Gasteiger partial charge on any atom is 0.337 e. The van der Waals surface area contributed by atoms with Gasteiger partial charge in [0.05, 0.1) is 25.8 Å². The highest BCUT2D eigenvalue weighted by Crippen LogP contribution is 2.29. The molecule has 2 amide bonds. The number of halogens is 1. The molecule has 2 atom stereocenters. The molecule has 0 aromatic heterocycles. The molecule has 3 aromatic carbocycles. The van der Waals surface area contributed by atoms with E-state index in [1.54, 1.807) is 36.4 Å². The predicted molar refractivity (Wildman–Crippen MR) is 159 cm³/mol. The summed E-state index contributed by atoms with van der Waals surface area (Å²) in [5.74, 6) is -0.244. The Labute approximate surface area is 255 Å². The summed E-state index contributed by atoms with van der Waals surface area (Å²) in [5.41, 5.74) is 2.80. The number of nitrogens with zero attached hydrogens (tertiary/aromatic N) is 1. The van der Waals surface area contributed by atoms with Crippen molar-refractivity contribution in [2.24, 2.45) is 0 Å². The van der Waals surface area contributed by atoms with E-state index in [0.717, 1.165) is 11.1 Å². The first-order valence-electron chi connectivity index (χ1n) is 14.5. The second-order valence-electron chi connectivity index (χ2n) is 10.9. The summed E-state index contributed by atoms with van der Waals surface area (Å²) in [6.45, 7) is 1.49. The van der Waals surface area contributed by atoms with E-state index in [2.05, 4.69) is 15.5 Å². The third-order valence-electron chi connectivity index (χ3n) is 7.67. The van der Waals surface area contributed by atoms with Crippen LogP contribution in [0.25, 0.3) is 0 Å². The lowest BCUT2D eigenvalue weighted by Crippen LogP contribution is -2.57. The van der Waals surface area contributed by atoms with Gasteiger partial charge >= 0.3 is 5.97 Å². The summed E-state index contributed by atoms with van der Waals surface area (Å²) in [6.07, 6.45) is 0.745. The van der Waals surface area contributed by atoms with Gasteiger partial charge in [0, 0.05) is 38.7 Å². The van der Waals surface area contributed by atoms with Crippen LogP contribution in [0.5, 0.6) is 17.2 Å². The van der Waals surface area contributed by atoms with Crippen molar-refractivity contribution in [1.29, 1.82) is 0 Å². The van der Waals surface area contributed by atoms with Crippen LogP contribution >= 0.6 is 0 Å². The average Bonchev–Trinajstić information content (AvgIpc) is 3.02. The largest absolute Gasteiger partial charge is 0.493 e. The number of nitrogens with one attached hydrogen (secondary N) is 2. The third-order valence-corrected chi connectivity index (χ3v) is 7.67. The zero-order valence-corrected chi connectivity index (χ0v) is 24.8. The van der Waals surface area contributed by atoms with E-state index in [9.17, 15) is 18.8 Å². The fourth-order valence-electron chi connectivity index (χ4n) is 5.49. The van der Waals surface area contributed by atoms with E-state index in [1.165, 1.54) is 26.4 Å². The number of hydrogen-bond acceptors (Lipinski definition) is 8. The Morgan fingerprint density at radius 3 is 2.70 bits per heavy atom. The van der Waals surface area contributed by atoms with E-state index < -0.39 is 23.9 Å². The summed E-state index contributed by atoms with van der Waals surface area (Å²) in [6, 6.07) is 16.5. The second-order valence-corrected chi connectivity index (χ2v) is 10.9. The average molecular weight is 606 g/mol. The third kappa shape index (κ3) is 8.04.